The Morgan fingerprint density at radius 2 is 2.33 bits per heavy atom. The highest BCUT2D eigenvalue weighted by molar-refractivity contribution is 9.10. The minimum Gasteiger partial charge on any atom is -0.306 e. The van der Waals surface area contributed by atoms with Crippen molar-refractivity contribution in [2.24, 2.45) is 7.05 Å². The Morgan fingerprint density at radius 1 is 1.67 bits per heavy atom. The van der Waals surface area contributed by atoms with Crippen LogP contribution < -0.4 is 5.32 Å². The average Bonchev–Trinajstić information content (AvgIpc) is 2.44. The van der Waals surface area contributed by atoms with E-state index in [0.29, 0.717) is 11.6 Å². The number of rotatable bonds is 5. The van der Waals surface area contributed by atoms with Gasteiger partial charge >= 0.3 is 0 Å². The van der Waals surface area contributed by atoms with E-state index in [-0.39, 0.29) is 0 Å². The second kappa shape index (κ2) is 5.68. The Morgan fingerprint density at radius 3 is 2.80 bits per heavy atom. The summed E-state index contributed by atoms with van der Waals surface area (Å²) in [4.78, 5) is 0. The van der Waals surface area contributed by atoms with Crippen LogP contribution in [0.1, 0.15) is 18.3 Å². The number of halogens is 2. The molecule has 1 aromatic heterocycles. The summed E-state index contributed by atoms with van der Waals surface area (Å²) in [6.07, 6.45) is 0.927. The van der Waals surface area contributed by atoms with E-state index in [9.17, 15) is 0 Å². The van der Waals surface area contributed by atoms with Gasteiger partial charge in [-0.05, 0) is 22.4 Å². The predicted octanol–water partition coefficient (Wildman–Crippen LogP) is 2.59. The fraction of sp³-hybridized carbons (Fsp3) is 0.500. The van der Waals surface area contributed by atoms with Crippen LogP contribution in [-0.2, 0) is 20.0 Å². The van der Waals surface area contributed by atoms with Crippen LogP contribution in [0, 0.1) is 0 Å². The van der Waals surface area contributed by atoms with Gasteiger partial charge in [0.25, 0.3) is 0 Å². The van der Waals surface area contributed by atoms with Gasteiger partial charge in [0.1, 0.15) is 0 Å². The van der Waals surface area contributed by atoms with Crippen LogP contribution in [0.25, 0.3) is 0 Å². The monoisotopic (exact) mass is 291 g/mol. The number of nitrogens with zero attached hydrogens (tertiary/aromatic N) is 2. The molecule has 1 rings (SSSR count). The first-order valence-corrected chi connectivity index (χ1v) is 5.97. The summed E-state index contributed by atoms with van der Waals surface area (Å²) in [7, 11) is 1.94. The van der Waals surface area contributed by atoms with E-state index >= 15 is 0 Å². The lowest BCUT2D eigenvalue weighted by atomic mass is 10.3. The van der Waals surface area contributed by atoms with Crippen LogP contribution >= 0.6 is 27.5 Å². The lowest BCUT2D eigenvalue weighted by molar-refractivity contribution is 0.647. The van der Waals surface area contributed by atoms with E-state index in [0.717, 1.165) is 28.8 Å². The molecule has 0 atom stereocenters. The van der Waals surface area contributed by atoms with Crippen molar-refractivity contribution in [3.63, 3.8) is 0 Å². The van der Waals surface area contributed by atoms with Crippen molar-refractivity contribution in [1.82, 2.24) is 15.1 Å². The van der Waals surface area contributed by atoms with E-state index in [2.05, 4.69) is 39.8 Å². The van der Waals surface area contributed by atoms with Gasteiger partial charge < -0.3 is 5.32 Å². The Kier molecular flexibility index (Phi) is 4.83. The Hall–Kier alpha value is -0.320. The van der Waals surface area contributed by atoms with Crippen molar-refractivity contribution in [3.8, 4) is 0 Å². The number of hydrogen-bond donors (Lipinski definition) is 1. The molecule has 0 aliphatic heterocycles. The van der Waals surface area contributed by atoms with Crippen LogP contribution in [0.4, 0.5) is 0 Å². The molecule has 0 aromatic carbocycles. The first kappa shape index (κ1) is 12.7. The number of nitrogens with one attached hydrogen (secondary N) is 1. The van der Waals surface area contributed by atoms with E-state index in [1.165, 1.54) is 0 Å². The molecule has 0 spiro atoms. The third-order valence-electron chi connectivity index (χ3n) is 2.11. The van der Waals surface area contributed by atoms with Crippen LogP contribution in [0.5, 0.6) is 0 Å². The lowest BCUT2D eigenvalue weighted by Gasteiger charge is -2.04. The van der Waals surface area contributed by atoms with Crippen molar-refractivity contribution >= 4 is 27.5 Å². The van der Waals surface area contributed by atoms with Crippen LogP contribution in [-0.4, -0.2) is 16.3 Å². The maximum atomic E-state index is 5.66. The fourth-order valence-electron chi connectivity index (χ4n) is 1.33. The molecule has 3 nitrogen and oxygen atoms in total. The molecule has 84 valence electrons. The van der Waals surface area contributed by atoms with Crippen LogP contribution in [0.3, 0.4) is 0 Å². The summed E-state index contributed by atoms with van der Waals surface area (Å²) in [6.45, 7) is 7.05. The first-order chi connectivity index (χ1) is 7.06. The standard InChI is InChI=1S/C10H15BrClN3/c1-4-8-10(11)9(15(3)14-8)6-13-5-7(2)12/h13H,2,4-6H2,1,3H3. The minimum atomic E-state index is 0.612. The van der Waals surface area contributed by atoms with Gasteiger partial charge in [0.05, 0.1) is 15.9 Å². The van der Waals surface area contributed by atoms with Crippen molar-refractivity contribution in [2.75, 3.05) is 6.54 Å². The predicted molar refractivity (Wildman–Crippen MR) is 67.0 cm³/mol. The third kappa shape index (κ3) is 3.33. The molecule has 1 aromatic rings. The normalized spacial score (nSPS) is 10.7. The second-order valence-corrected chi connectivity index (χ2v) is 4.63. The van der Waals surface area contributed by atoms with Gasteiger partial charge in [-0.25, -0.2) is 0 Å². The minimum absolute atomic E-state index is 0.612. The Bertz CT molecular complexity index is 360. The van der Waals surface area contributed by atoms with Gasteiger partial charge in [-0.2, -0.15) is 5.10 Å². The zero-order valence-electron chi connectivity index (χ0n) is 8.98. The van der Waals surface area contributed by atoms with E-state index < -0.39 is 0 Å². The fourth-order valence-corrected chi connectivity index (χ4v) is 2.18. The molecule has 0 aliphatic carbocycles. The van der Waals surface area contributed by atoms with Gasteiger partial charge in [0, 0.05) is 25.2 Å². The Balaban J connectivity index is 2.68. The lowest BCUT2D eigenvalue weighted by Crippen LogP contribution is -2.17. The summed E-state index contributed by atoms with van der Waals surface area (Å²) in [5.74, 6) is 0. The number of hydrogen-bond acceptors (Lipinski definition) is 2. The van der Waals surface area contributed by atoms with Gasteiger partial charge in [0.2, 0.25) is 0 Å². The van der Waals surface area contributed by atoms with E-state index in [1.807, 2.05) is 11.7 Å². The Labute approximate surface area is 104 Å². The van der Waals surface area contributed by atoms with Crippen molar-refractivity contribution in [2.45, 2.75) is 19.9 Å². The molecule has 0 amide bonds. The van der Waals surface area contributed by atoms with Crippen molar-refractivity contribution in [3.05, 3.63) is 27.5 Å². The molecule has 5 heteroatoms. The summed E-state index contributed by atoms with van der Waals surface area (Å²) in [5.41, 5.74) is 2.21. The van der Waals surface area contributed by atoms with Gasteiger partial charge in [-0.3, -0.25) is 4.68 Å². The quantitative estimate of drug-likeness (QED) is 0.904. The topological polar surface area (TPSA) is 29.9 Å². The molecule has 1 heterocycles. The van der Waals surface area contributed by atoms with Gasteiger partial charge in [-0.15, -0.1) is 0 Å². The molecule has 0 unspecified atom stereocenters. The van der Waals surface area contributed by atoms with Crippen LogP contribution in [0.15, 0.2) is 16.1 Å². The molecule has 0 fully saturated rings. The summed E-state index contributed by atoms with van der Waals surface area (Å²) < 4.78 is 2.97. The maximum absolute atomic E-state index is 5.66. The van der Waals surface area contributed by atoms with Gasteiger partial charge in [-0.1, -0.05) is 25.1 Å². The summed E-state index contributed by atoms with van der Waals surface area (Å²) in [5, 5.41) is 8.21. The maximum Gasteiger partial charge on any atom is 0.0767 e. The molecule has 1 N–H and O–H groups in total. The molecule has 0 bridgehead atoms. The highest BCUT2D eigenvalue weighted by Crippen LogP contribution is 2.21. The molecule has 0 aliphatic rings. The first-order valence-electron chi connectivity index (χ1n) is 4.80. The SMILES string of the molecule is C=C(Cl)CNCc1c(Br)c(CC)nn1C. The molecule has 0 saturated carbocycles. The smallest absolute Gasteiger partial charge is 0.0767 e. The zero-order chi connectivity index (χ0) is 11.4. The highest BCUT2D eigenvalue weighted by atomic mass is 79.9. The third-order valence-corrected chi connectivity index (χ3v) is 3.16. The molecule has 15 heavy (non-hydrogen) atoms. The second-order valence-electron chi connectivity index (χ2n) is 3.31. The van der Waals surface area contributed by atoms with E-state index in [4.69, 9.17) is 11.6 Å². The number of aromatic nitrogens is 2. The van der Waals surface area contributed by atoms with Gasteiger partial charge in [0.15, 0.2) is 0 Å². The molecular formula is C10H15BrClN3. The summed E-state index contributed by atoms with van der Waals surface area (Å²) >= 11 is 9.22. The van der Waals surface area contributed by atoms with Crippen molar-refractivity contribution < 1.29 is 0 Å². The number of aryl methyl sites for hydroxylation is 2. The molecule has 0 radical (unpaired) electrons. The average molecular weight is 293 g/mol. The zero-order valence-corrected chi connectivity index (χ0v) is 11.3. The molecular weight excluding hydrogens is 277 g/mol. The molecule has 0 saturated heterocycles. The highest BCUT2D eigenvalue weighted by Gasteiger charge is 2.11. The van der Waals surface area contributed by atoms with Crippen molar-refractivity contribution in [1.29, 1.82) is 0 Å². The van der Waals surface area contributed by atoms with E-state index in [1.54, 1.807) is 0 Å². The summed E-state index contributed by atoms with van der Waals surface area (Å²) in [6, 6.07) is 0. The van der Waals surface area contributed by atoms with Crippen LogP contribution in [0.2, 0.25) is 0 Å². The largest absolute Gasteiger partial charge is 0.306 e.